The first kappa shape index (κ1) is 12.7. The van der Waals surface area contributed by atoms with Crippen LogP contribution in [-0.2, 0) is 5.41 Å². The molecule has 2 heterocycles. The molecule has 1 unspecified atom stereocenters. The summed E-state index contributed by atoms with van der Waals surface area (Å²) in [5.41, 5.74) is 7.35. The minimum Gasteiger partial charge on any atom is -0.373 e. The molecule has 0 aliphatic carbocycles. The Hall–Kier alpha value is -2.37. The molecule has 6 heteroatoms. The zero-order chi connectivity index (χ0) is 14.3. The van der Waals surface area contributed by atoms with Crippen LogP contribution in [0, 0.1) is 5.82 Å². The Labute approximate surface area is 116 Å². The Morgan fingerprint density at radius 1 is 1.30 bits per heavy atom. The van der Waals surface area contributed by atoms with Gasteiger partial charge >= 0.3 is 0 Å². The minimum absolute atomic E-state index is 0.226. The van der Waals surface area contributed by atoms with E-state index < -0.39 is 0 Å². The first-order valence-corrected chi connectivity index (χ1v) is 6.40. The van der Waals surface area contributed by atoms with Crippen molar-refractivity contribution in [2.24, 2.45) is 0 Å². The van der Waals surface area contributed by atoms with Gasteiger partial charge in [0.2, 0.25) is 5.95 Å². The number of anilines is 3. The van der Waals surface area contributed by atoms with Crippen LogP contribution in [0.2, 0.25) is 0 Å². The molecule has 2 aromatic rings. The molecule has 1 aliphatic rings. The lowest BCUT2D eigenvalue weighted by molar-refractivity contribution is 0.612. The van der Waals surface area contributed by atoms with Gasteiger partial charge in [0, 0.05) is 24.6 Å². The topological polar surface area (TPSA) is 75.9 Å². The van der Waals surface area contributed by atoms with Crippen molar-refractivity contribution in [2.75, 3.05) is 30.0 Å². The summed E-state index contributed by atoms with van der Waals surface area (Å²) >= 11 is 0. The zero-order valence-corrected chi connectivity index (χ0v) is 11.4. The molecule has 3 rings (SSSR count). The van der Waals surface area contributed by atoms with E-state index in [9.17, 15) is 4.39 Å². The molecule has 0 amide bonds. The molecular formula is C14H16FN5. The second-order valence-electron chi connectivity index (χ2n) is 5.10. The van der Waals surface area contributed by atoms with Gasteiger partial charge in [0.05, 0.1) is 0 Å². The normalized spacial score (nSPS) is 20.4. The van der Waals surface area contributed by atoms with E-state index in [4.69, 9.17) is 5.73 Å². The van der Waals surface area contributed by atoms with E-state index in [1.807, 2.05) is 0 Å². The van der Waals surface area contributed by atoms with E-state index in [0.717, 1.165) is 16.9 Å². The van der Waals surface area contributed by atoms with E-state index in [2.05, 4.69) is 27.5 Å². The fourth-order valence-electron chi connectivity index (χ4n) is 2.72. The maximum atomic E-state index is 13.1. The first-order valence-electron chi connectivity index (χ1n) is 6.40. The van der Waals surface area contributed by atoms with Crippen LogP contribution in [0.5, 0.6) is 0 Å². The monoisotopic (exact) mass is 273 g/mol. The van der Waals surface area contributed by atoms with Crippen molar-refractivity contribution in [1.29, 1.82) is 0 Å². The van der Waals surface area contributed by atoms with Gasteiger partial charge in [0.25, 0.3) is 0 Å². The summed E-state index contributed by atoms with van der Waals surface area (Å²) in [6, 6.07) is 6.52. The fourth-order valence-corrected chi connectivity index (χ4v) is 2.72. The third-order valence-electron chi connectivity index (χ3n) is 3.81. The highest BCUT2D eigenvalue weighted by Gasteiger charge is 2.40. The van der Waals surface area contributed by atoms with Crippen molar-refractivity contribution in [2.45, 2.75) is 12.3 Å². The fraction of sp³-hybridized carbons (Fsp3) is 0.286. The van der Waals surface area contributed by atoms with Crippen LogP contribution in [0.3, 0.4) is 0 Å². The summed E-state index contributed by atoms with van der Waals surface area (Å²) in [7, 11) is 1.80. The highest BCUT2D eigenvalue weighted by atomic mass is 19.1. The number of benzene rings is 1. The standard InChI is InChI=1S/C14H16FN5/c1-14(8-3-5-9(15)6-4-8)7-18-12-10(14)11(17-2)19-13(16)20-12/h3-6H,7H2,1-2H3,(H4,16,17,18,19,20). The lowest BCUT2D eigenvalue weighted by Crippen LogP contribution is -2.27. The van der Waals surface area contributed by atoms with Gasteiger partial charge in [0.1, 0.15) is 17.5 Å². The number of fused-ring (bicyclic) bond motifs is 1. The average molecular weight is 273 g/mol. The Kier molecular flexibility index (Phi) is 2.74. The number of nitrogen functional groups attached to an aromatic ring is 1. The minimum atomic E-state index is -0.324. The van der Waals surface area contributed by atoms with E-state index in [0.29, 0.717) is 12.4 Å². The number of hydrogen-bond acceptors (Lipinski definition) is 5. The lowest BCUT2D eigenvalue weighted by Gasteiger charge is -2.26. The van der Waals surface area contributed by atoms with Crippen LogP contribution in [0.4, 0.5) is 22.0 Å². The average Bonchev–Trinajstić information content (AvgIpc) is 2.77. The summed E-state index contributed by atoms with van der Waals surface area (Å²) in [6.45, 7) is 2.75. The smallest absolute Gasteiger partial charge is 0.223 e. The molecule has 0 spiro atoms. The van der Waals surface area contributed by atoms with Gasteiger partial charge in [-0.25, -0.2) is 4.39 Å². The van der Waals surface area contributed by atoms with Gasteiger partial charge in [-0.05, 0) is 24.6 Å². The Balaban J connectivity index is 2.18. The molecule has 0 fully saturated rings. The number of nitrogens with one attached hydrogen (secondary N) is 2. The maximum absolute atomic E-state index is 13.1. The van der Waals surface area contributed by atoms with E-state index >= 15 is 0 Å². The highest BCUT2D eigenvalue weighted by Crippen LogP contribution is 2.44. The van der Waals surface area contributed by atoms with Crippen molar-refractivity contribution in [3.63, 3.8) is 0 Å². The van der Waals surface area contributed by atoms with Crippen molar-refractivity contribution in [3.05, 3.63) is 41.2 Å². The molecule has 1 aromatic heterocycles. The molecule has 1 aromatic carbocycles. The Morgan fingerprint density at radius 2 is 2.00 bits per heavy atom. The van der Waals surface area contributed by atoms with Gasteiger partial charge in [0.15, 0.2) is 0 Å². The molecule has 104 valence electrons. The summed E-state index contributed by atoms with van der Waals surface area (Å²) in [5, 5.41) is 6.31. The van der Waals surface area contributed by atoms with Crippen LogP contribution in [0.1, 0.15) is 18.1 Å². The van der Waals surface area contributed by atoms with E-state index in [1.54, 1.807) is 19.2 Å². The summed E-state index contributed by atoms with van der Waals surface area (Å²) < 4.78 is 13.1. The van der Waals surface area contributed by atoms with Crippen LogP contribution in [-0.4, -0.2) is 23.6 Å². The van der Waals surface area contributed by atoms with Gasteiger partial charge in [-0.3, -0.25) is 0 Å². The van der Waals surface area contributed by atoms with E-state index in [-0.39, 0.29) is 17.2 Å². The molecule has 0 saturated carbocycles. The number of aromatic nitrogens is 2. The number of hydrogen-bond donors (Lipinski definition) is 3. The second kappa shape index (κ2) is 4.33. The van der Waals surface area contributed by atoms with Gasteiger partial charge in [-0.15, -0.1) is 0 Å². The third kappa shape index (κ3) is 1.76. The van der Waals surface area contributed by atoms with Crippen molar-refractivity contribution < 1.29 is 4.39 Å². The molecule has 1 aliphatic heterocycles. The molecule has 5 nitrogen and oxygen atoms in total. The SMILES string of the molecule is CNc1nc(N)nc2c1C(C)(c1ccc(F)cc1)CN2. The molecule has 20 heavy (non-hydrogen) atoms. The number of nitrogens with zero attached hydrogens (tertiary/aromatic N) is 2. The highest BCUT2D eigenvalue weighted by molar-refractivity contribution is 5.70. The van der Waals surface area contributed by atoms with Crippen LogP contribution in [0.25, 0.3) is 0 Å². The van der Waals surface area contributed by atoms with Crippen LogP contribution < -0.4 is 16.4 Å². The molecule has 0 bridgehead atoms. The second-order valence-corrected chi connectivity index (χ2v) is 5.10. The van der Waals surface area contributed by atoms with Crippen molar-refractivity contribution >= 4 is 17.6 Å². The van der Waals surface area contributed by atoms with E-state index in [1.165, 1.54) is 12.1 Å². The largest absolute Gasteiger partial charge is 0.373 e. The number of nitrogens with two attached hydrogens (primary N) is 1. The van der Waals surface area contributed by atoms with Gasteiger partial charge < -0.3 is 16.4 Å². The Bertz CT molecular complexity index is 655. The molecule has 0 saturated heterocycles. The number of rotatable bonds is 2. The summed E-state index contributed by atoms with van der Waals surface area (Å²) in [5.74, 6) is 1.41. The summed E-state index contributed by atoms with van der Waals surface area (Å²) in [6.07, 6.45) is 0. The van der Waals surface area contributed by atoms with Crippen molar-refractivity contribution in [1.82, 2.24) is 9.97 Å². The first-order chi connectivity index (χ1) is 9.54. The lowest BCUT2D eigenvalue weighted by atomic mass is 9.78. The van der Waals surface area contributed by atoms with Gasteiger partial charge in [-0.2, -0.15) is 9.97 Å². The third-order valence-corrected chi connectivity index (χ3v) is 3.81. The number of halogens is 1. The van der Waals surface area contributed by atoms with Gasteiger partial charge in [-0.1, -0.05) is 12.1 Å². The predicted molar refractivity (Wildman–Crippen MR) is 77.3 cm³/mol. The molecule has 0 radical (unpaired) electrons. The maximum Gasteiger partial charge on any atom is 0.223 e. The molecule has 1 atom stereocenters. The summed E-state index contributed by atoms with van der Waals surface area (Å²) in [4.78, 5) is 8.49. The quantitative estimate of drug-likeness (QED) is 0.780. The van der Waals surface area contributed by atoms with Crippen molar-refractivity contribution in [3.8, 4) is 0 Å². The van der Waals surface area contributed by atoms with Crippen LogP contribution >= 0.6 is 0 Å². The predicted octanol–water partition coefficient (Wildman–Crippen LogP) is 1.97. The Morgan fingerprint density at radius 3 is 2.65 bits per heavy atom. The van der Waals surface area contributed by atoms with Crippen LogP contribution in [0.15, 0.2) is 24.3 Å². The molecular weight excluding hydrogens is 257 g/mol. The zero-order valence-electron chi connectivity index (χ0n) is 11.4. The molecule has 4 N–H and O–H groups in total.